The predicted molar refractivity (Wildman–Crippen MR) is 96.9 cm³/mol. The summed E-state index contributed by atoms with van der Waals surface area (Å²) in [5.41, 5.74) is -1.10. The third-order valence-corrected chi connectivity index (χ3v) is 4.15. The fraction of sp³-hybridized carbons (Fsp3) is 0.250. The topological polar surface area (TPSA) is 83.4 Å². The molecule has 0 amide bonds. The van der Waals surface area contributed by atoms with E-state index in [9.17, 15) is 9.59 Å². The van der Waals surface area contributed by atoms with Crippen molar-refractivity contribution in [1.82, 2.24) is 0 Å². The van der Waals surface area contributed by atoms with E-state index in [1.807, 2.05) is 6.07 Å². The highest BCUT2D eigenvalue weighted by Gasteiger charge is 2.56. The highest BCUT2D eigenvalue weighted by molar-refractivity contribution is 6.17. The first-order chi connectivity index (χ1) is 13.1. The van der Waals surface area contributed by atoms with Crippen LogP contribution in [0.5, 0.6) is 11.5 Å². The van der Waals surface area contributed by atoms with Crippen LogP contribution in [0.2, 0.25) is 0 Å². The number of hydrogen-bond acceptors (Lipinski definition) is 7. The summed E-state index contributed by atoms with van der Waals surface area (Å²) >= 11 is 0. The van der Waals surface area contributed by atoms with E-state index >= 15 is 0 Å². The normalized spacial score (nSPS) is 18.5. The first-order valence-corrected chi connectivity index (χ1v) is 8.34. The molecule has 0 aromatic heterocycles. The fourth-order valence-electron chi connectivity index (χ4n) is 2.81. The van der Waals surface area contributed by atoms with Gasteiger partial charge in [0.25, 0.3) is 5.54 Å². The Hall–Kier alpha value is -3.35. The summed E-state index contributed by atoms with van der Waals surface area (Å²) in [6, 6.07) is 13.6. The Morgan fingerprint density at radius 2 is 1.78 bits per heavy atom. The van der Waals surface area contributed by atoms with Crippen LogP contribution >= 0.6 is 0 Å². The average molecular weight is 369 g/mol. The van der Waals surface area contributed by atoms with E-state index in [4.69, 9.17) is 18.9 Å². The van der Waals surface area contributed by atoms with Gasteiger partial charge in [0.05, 0.1) is 20.8 Å². The average Bonchev–Trinajstić information content (AvgIpc) is 3.06. The van der Waals surface area contributed by atoms with E-state index in [0.29, 0.717) is 17.1 Å². The molecule has 3 rings (SSSR count). The molecule has 0 saturated heterocycles. The highest BCUT2D eigenvalue weighted by atomic mass is 16.6. The zero-order valence-electron chi connectivity index (χ0n) is 15.2. The maximum atomic E-state index is 12.8. The van der Waals surface area contributed by atoms with Crippen LogP contribution in [0.3, 0.4) is 0 Å². The third kappa shape index (κ3) is 3.12. The lowest BCUT2D eigenvalue weighted by Crippen LogP contribution is -2.41. The molecule has 140 valence electrons. The molecule has 2 aromatic carbocycles. The number of methoxy groups -OCH3 is 2. The Morgan fingerprint density at radius 3 is 2.41 bits per heavy atom. The lowest BCUT2D eigenvalue weighted by molar-refractivity contribution is -0.158. The van der Waals surface area contributed by atoms with Gasteiger partial charge in [0.1, 0.15) is 0 Å². The van der Waals surface area contributed by atoms with Crippen LogP contribution in [0.15, 0.2) is 53.5 Å². The van der Waals surface area contributed by atoms with Crippen LogP contribution in [0.25, 0.3) is 0 Å². The van der Waals surface area contributed by atoms with Gasteiger partial charge in [-0.15, -0.1) is 0 Å². The number of aliphatic imine (C=N–C) groups is 1. The minimum atomic E-state index is -1.96. The van der Waals surface area contributed by atoms with Crippen molar-refractivity contribution in [3.05, 3.63) is 59.7 Å². The monoisotopic (exact) mass is 369 g/mol. The standard InChI is InChI=1S/C20H19NO6/c1-4-26-18(22)20(14-10-11-15(24-2)16(12-14)25-3)19(23)27-17(21-20)13-8-6-5-7-9-13/h5-12H,4H2,1-3H3. The minimum absolute atomic E-state index is 0.0587. The van der Waals surface area contributed by atoms with Gasteiger partial charge in [0, 0.05) is 11.1 Å². The van der Waals surface area contributed by atoms with Gasteiger partial charge in [-0.1, -0.05) is 24.3 Å². The second-order valence-electron chi connectivity index (χ2n) is 5.67. The summed E-state index contributed by atoms with van der Waals surface area (Å²) < 4.78 is 21.0. The SMILES string of the molecule is CCOC(=O)C1(c2ccc(OC)c(OC)c2)N=C(c2ccccc2)OC1=O. The summed E-state index contributed by atoms with van der Waals surface area (Å²) in [5, 5.41) is 0. The number of nitrogens with zero attached hydrogens (tertiary/aromatic N) is 1. The van der Waals surface area contributed by atoms with E-state index in [1.54, 1.807) is 43.3 Å². The fourth-order valence-corrected chi connectivity index (χ4v) is 2.81. The lowest BCUT2D eigenvalue weighted by atomic mass is 9.90. The van der Waals surface area contributed by atoms with Crippen molar-refractivity contribution < 1.29 is 28.5 Å². The van der Waals surface area contributed by atoms with Gasteiger partial charge >= 0.3 is 11.9 Å². The molecule has 27 heavy (non-hydrogen) atoms. The van der Waals surface area contributed by atoms with E-state index in [2.05, 4.69) is 4.99 Å². The number of rotatable bonds is 6. The Labute approximate surface area is 156 Å². The van der Waals surface area contributed by atoms with Crippen LogP contribution in [-0.4, -0.2) is 38.7 Å². The van der Waals surface area contributed by atoms with Gasteiger partial charge in [0.2, 0.25) is 5.90 Å². The Bertz CT molecular complexity index is 893. The van der Waals surface area contributed by atoms with Crippen LogP contribution in [0.4, 0.5) is 0 Å². The van der Waals surface area contributed by atoms with Crippen molar-refractivity contribution in [2.45, 2.75) is 12.5 Å². The summed E-state index contributed by atoms with van der Waals surface area (Å²) in [4.78, 5) is 30.0. The number of cyclic esters (lactones) is 1. The number of hydrogen-bond donors (Lipinski definition) is 0. The van der Waals surface area contributed by atoms with Gasteiger partial charge in [-0.3, -0.25) is 0 Å². The molecular weight excluding hydrogens is 350 g/mol. The second-order valence-corrected chi connectivity index (χ2v) is 5.67. The molecule has 1 heterocycles. The molecule has 0 aliphatic carbocycles. The molecule has 1 aliphatic rings. The molecule has 0 bridgehead atoms. The zero-order chi connectivity index (χ0) is 19.4. The summed E-state index contributed by atoms with van der Waals surface area (Å²) in [5.74, 6) is -0.766. The number of ether oxygens (including phenoxy) is 4. The van der Waals surface area contributed by atoms with Crippen molar-refractivity contribution in [2.24, 2.45) is 4.99 Å². The second kappa shape index (κ2) is 7.49. The van der Waals surface area contributed by atoms with Crippen molar-refractivity contribution in [3.8, 4) is 11.5 Å². The van der Waals surface area contributed by atoms with Crippen molar-refractivity contribution >= 4 is 17.8 Å². The highest BCUT2D eigenvalue weighted by Crippen LogP contribution is 2.39. The summed E-state index contributed by atoms with van der Waals surface area (Å²) in [6.45, 7) is 1.75. The predicted octanol–water partition coefficient (Wildman–Crippen LogP) is 2.47. The lowest BCUT2D eigenvalue weighted by Gasteiger charge is -2.21. The van der Waals surface area contributed by atoms with Gasteiger partial charge in [-0.2, -0.15) is 0 Å². The van der Waals surface area contributed by atoms with Crippen LogP contribution in [0, 0.1) is 0 Å². The quantitative estimate of drug-likeness (QED) is 0.575. The van der Waals surface area contributed by atoms with Gasteiger partial charge in [-0.05, 0) is 31.2 Å². The van der Waals surface area contributed by atoms with E-state index < -0.39 is 17.5 Å². The minimum Gasteiger partial charge on any atom is -0.493 e. The number of carbonyl (C=O) groups excluding carboxylic acids is 2. The molecule has 0 radical (unpaired) electrons. The van der Waals surface area contributed by atoms with Gasteiger partial charge in [-0.25, -0.2) is 14.6 Å². The maximum Gasteiger partial charge on any atom is 0.357 e. The third-order valence-electron chi connectivity index (χ3n) is 4.15. The van der Waals surface area contributed by atoms with Crippen LogP contribution in [0.1, 0.15) is 18.1 Å². The van der Waals surface area contributed by atoms with E-state index in [-0.39, 0.29) is 18.1 Å². The van der Waals surface area contributed by atoms with Crippen molar-refractivity contribution in [2.75, 3.05) is 20.8 Å². The maximum absolute atomic E-state index is 12.8. The first-order valence-electron chi connectivity index (χ1n) is 8.34. The van der Waals surface area contributed by atoms with Crippen LogP contribution in [-0.2, 0) is 24.6 Å². The van der Waals surface area contributed by atoms with E-state index in [0.717, 1.165) is 0 Å². The smallest absolute Gasteiger partial charge is 0.357 e. The molecule has 0 spiro atoms. The molecule has 2 aromatic rings. The molecular formula is C20H19NO6. The molecule has 0 saturated carbocycles. The largest absolute Gasteiger partial charge is 0.493 e. The van der Waals surface area contributed by atoms with Crippen molar-refractivity contribution in [1.29, 1.82) is 0 Å². The van der Waals surface area contributed by atoms with Gasteiger partial charge < -0.3 is 18.9 Å². The first kappa shape index (κ1) is 18.4. The number of carbonyl (C=O) groups is 2. The molecule has 1 atom stereocenters. The summed E-state index contributed by atoms with van der Waals surface area (Å²) in [7, 11) is 2.96. The Balaban J connectivity index is 2.18. The Morgan fingerprint density at radius 1 is 1.07 bits per heavy atom. The molecule has 1 unspecified atom stereocenters. The number of esters is 2. The summed E-state index contributed by atoms with van der Waals surface area (Å²) in [6.07, 6.45) is 0. The van der Waals surface area contributed by atoms with Crippen molar-refractivity contribution in [3.63, 3.8) is 0 Å². The molecule has 0 N–H and O–H groups in total. The molecule has 1 aliphatic heterocycles. The number of benzene rings is 2. The van der Waals surface area contributed by atoms with Gasteiger partial charge in [0.15, 0.2) is 11.5 Å². The molecule has 0 fully saturated rings. The van der Waals surface area contributed by atoms with Crippen LogP contribution < -0.4 is 9.47 Å². The molecule has 7 nitrogen and oxygen atoms in total. The van der Waals surface area contributed by atoms with E-state index in [1.165, 1.54) is 20.3 Å². The molecule has 7 heteroatoms. The Kier molecular flexibility index (Phi) is 5.12. The zero-order valence-corrected chi connectivity index (χ0v) is 15.2.